The van der Waals surface area contributed by atoms with Gasteiger partial charge in [-0.25, -0.2) is 0 Å². The highest BCUT2D eigenvalue weighted by Crippen LogP contribution is 2.18. The Bertz CT molecular complexity index is 668. The standard InChI is InChI=1S/C16H26N6O7/c17-6-12(24)19-7-13(25)22-5-1-2-10(22)16(29)21-9(3-4-11(18)23)15(28)20-8-14(26)27/h9-10H,1-8,17H2,(H2,18,23)(H,19,24)(H,20,28)(H,21,29)(H,26,27)/t9-,10-/m0/s1. The summed E-state index contributed by atoms with van der Waals surface area (Å²) in [5.74, 6) is -4.36. The second-order valence-electron chi connectivity index (χ2n) is 6.40. The van der Waals surface area contributed by atoms with Crippen LogP contribution in [0.5, 0.6) is 0 Å². The molecule has 13 nitrogen and oxygen atoms in total. The van der Waals surface area contributed by atoms with Crippen molar-refractivity contribution in [3.05, 3.63) is 0 Å². The molecule has 8 N–H and O–H groups in total. The van der Waals surface area contributed by atoms with Crippen LogP contribution in [0.2, 0.25) is 0 Å². The lowest BCUT2D eigenvalue weighted by Crippen LogP contribution is -2.54. The van der Waals surface area contributed by atoms with Crippen molar-refractivity contribution in [2.45, 2.75) is 37.8 Å². The van der Waals surface area contributed by atoms with Gasteiger partial charge in [0.15, 0.2) is 0 Å². The average molecular weight is 414 g/mol. The van der Waals surface area contributed by atoms with Crippen LogP contribution in [-0.4, -0.2) is 83.8 Å². The molecule has 1 rings (SSSR count). The van der Waals surface area contributed by atoms with Crippen LogP contribution >= 0.6 is 0 Å². The number of primary amides is 1. The fourth-order valence-electron chi connectivity index (χ4n) is 2.79. The second kappa shape index (κ2) is 11.6. The molecule has 1 saturated heterocycles. The molecule has 162 valence electrons. The van der Waals surface area contributed by atoms with Crippen molar-refractivity contribution < 1.29 is 33.9 Å². The lowest BCUT2D eigenvalue weighted by Gasteiger charge is -2.26. The van der Waals surface area contributed by atoms with Gasteiger partial charge in [-0.1, -0.05) is 0 Å². The molecule has 0 unspecified atom stereocenters. The van der Waals surface area contributed by atoms with Gasteiger partial charge in [-0.05, 0) is 19.3 Å². The van der Waals surface area contributed by atoms with Crippen LogP contribution in [0, 0.1) is 0 Å². The van der Waals surface area contributed by atoms with Crippen LogP contribution in [0.25, 0.3) is 0 Å². The third-order valence-electron chi connectivity index (χ3n) is 4.22. The summed E-state index contributed by atoms with van der Waals surface area (Å²) < 4.78 is 0. The highest BCUT2D eigenvalue weighted by atomic mass is 16.4. The van der Waals surface area contributed by atoms with E-state index in [9.17, 15) is 28.8 Å². The first kappa shape index (κ1) is 23.8. The Kier molecular flexibility index (Phi) is 9.51. The highest BCUT2D eigenvalue weighted by molar-refractivity contribution is 5.94. The third-order valence-corrected chi connectivity index (χ3v) is 4.22. The van der Waals surface area contributed by atoms with Crippen LogP contribution in [0.1, 0.15) is 25.7 Å². The fourth-order valence-corrected chi connectivity index (χ4v) is 2.79. The highest BCUT2D eigenvalue weighted by Gasteiger charge is 2.35. The summed E-state index contributed by atoms with van der Waals surface area (Å²) >= 11 is 0. The smallest absolute Gasteiger partial charge is 0.322 e. The molecule has 1 aliphatic heterocycles. The van der Waals surface area contributed by atoms with E-state index in [0.717, 1.165) is 0 Å². The number of aliphatic carboxylic acids is 1. The number of carboxylic acids is 1. The van der Waals surface area contributed by atoms with Gasteiger partial charge < -0.3 is 37.4 Å². The van der Waals surface area contributed by atoms with E-state index < -0.39 is 54.1 Å². The molecule has 1 fully saturated rings. The molecular formula is C16H26N6O7. The van der Waals surface area contributed by atoms with Crippen molar-refractivity contribution >= 4 is 35.5 Å². The Morgan fingerprint density at radius 2 is 1.79 bits per heavy atom. The molecular weight excluding hydrogens is 388 g/mol. The lowest BCUT2D eigenvalue weighted by molar-refractivity contribution is -0.140. The molecule has 0 aliphatic carbocycles. The first-order chi connectivity index (χ1) is 13.6. The molecule has 1 heterocycles. The van der Waals surface area contributed by atoms with Crippen molar-refractivity contribution in [1.29, 1.82) is 0 Å². The lowest BCUT2D eigenvalue weighted by atomic mass is 10.1. The number of hydrogen-bond donors (Lipinski definition) is 6. The monoisotopic (exact) mass is 414 g/mol. The number of carboxylic acid groups (broad SMARTS) is 1. The first-order valence-corrected chi connectivity index (χ1v) is 9.00. The molecule has 29 heavy (non-hydrogen) atoms. The number of rotatable bonds is 11. The van der Waals surface area contributed by atoms with Crippen molar-refractivity contribution in [2.75, 3.05) is 26.2 Å². The van der Waals surface area contributed by atoms with Gasteiger partial charge in [0.2, 0.25) is 29.5 Å². The first-order valence-electron chi connectivity index (χ1n) is 9.00. The van der Waals surface area contributed by atoms with Crippen molar-refractivity contribution in [1.82, 2.24) is 20.9 Å². The molecule has 0 aromatic heterocycles. The maximum atomic E-state index is 12.6. The van der Waals surface area contributed by atoms with Gasteiger partial charge in [0.05, 0.1) is 13.1 Å². The van der Waals surface area contributed by atoms with Crippen LogP contribution < -0.4 is 27.4 Å². The van der Waals surface area contributed by atoms with E-state index in [-0.39, 0.29) is 25.9 Å². The van der Waals surface area contributed by atoms with Gasteiger partial charge in [-0.2, -0.15) is 0 Å². The van der Waals surface area contributed by atoms with E-state index in [0.29, 0.717) is 19.4 Å². The van der Waals surface area contributed by atoms with Gasteiger partial charge >= 0.3 is 5.97 Å². The Morgan fingerprint density at radius 3 is 2.38 bits per heavy atom. The van der Waals surface area contributed by atoms with Crippen LogP contribution in [0.4, 0.5) is 0 Å². The number of nitrogens with two attached hydrogens (primary N) is 2. The topological polar surface area (TPSA) is 214 Å². The predicted octanol–water partition coefficient (Wildman–Crippen LogP) is -4.00. The zero-order valence-corrected chi connectivity index (χ0v) is 15.8. The maximum absolute atomic E-state index is 12.6. The summed E-state index contributed by atoms with van der Waals surface area (Å²) in [5.41, 5.74) is 10.2. The number of nitrogens with zero attached hydrogens (tertiary/aromatic N) is 1. The summed E-state index contributed by atoms with van der Waals surface area (Å²) in [5, 5.41) is 15.6. The normalized spacial score (nSPS) is 16.6. The van der Waals surface area contributed by atoms with Crippen molar-refractivity contribution in [3.63, 3.8) is 0 Å². The summed E-state index contributed by atoms with van der Waals surface area (Å²) in [4.78, 5) is 71.2. The SMILES string of the molecule is NCC(=O)NCC(=O)N1CCC[C@H]1C(=O)N[C@@H](CCC(N)=O)C(=O)NCC(=O)O. The van der Waals surface area contributed by atoms with E-state index in [1.807, 2.05) is 0 Å². The van der Waals surface area contributed by atoms with E-state index >= 15 is 0 Å². The molecule has 0 radical (unpaired) electrons. The van der Waals surface area contributed by atoms with Gasteiger partial charge in [0.25, 0.3) is 0 Å². The summed E-state index contributed by atoms with van der Waals surface area (Å²) in [6, 6.07) is -2.05. The van der Waals surface area contributed by atoms with Crippen molar-refractivity contribution in [3.8, 4) is 0 Å². The average Bonchev–Trinajstić information content (AvgIpc) is 3.16. The third kappa shape index (κ3) is 8.13. The molecule has 0 aromatic rings. The number of amides is 5. The minimum atomic E-state index is -1.27. The van der Waals surface area contributed by atoms with Crippen LogP contribution in [0.3, 0.4) is 0 Å². The number of nitrogens with one attached hydrogen (secondary N) is 3. The fraction of sp³-hybridized carbons (Fsp3) is 0.625. The Labute approximate surface area is 166 Å². The van der Waals surface area contributed by atoms with Crippen LogP contribution in [-0.2, 0) is 28.8 Å². The molecule has 2 atom stereocenters. The van der Waals surface area contributed by atoms with E-state index in [4.69, 9.17) is 16.6 Å². The zero-order chi connectivity index (χ0) is 22.0. The molecule has 0 bridgehead atoms. The van der Waals surface area contributed by atoms with Crippen molar-refractivity contribution in [2.24, 2.45) is 11.5 Å². The molecule has 0 saturated carbocycles. The summed E-state index contributed by atoms with van der Waals surface area (Å²) in [7, 11) is 0. The van der Waals surface area contributed by atoms with Gasteiger partial charge in [-0.3, -0.25) is 28.8 Å². The second-order valence-corrected chi connectivity index (χ2v) is 6.40. The molecule has 0 spiro atoms. The molecule has 13 heteroatoms. The number of carbonyl (C=O) groups excluding carboxylic acids is 5. The zero-order valence-electron chi connectivity index (χ0n) is 15.8. The molecule has 5 amide bonds. The molecule has 1 aliphatic rings. The number of hydrogen-bond acceptors (Lipinski definition) is 7. The van der Waals surface area contributed by atoms with E-state index in [2.05, 4.69) is 16.0 Å². The minimum Gasteiger partial charge on any atom is -0.480 e. The van der Waals surface area contributed by atoms with E-state index in [1.54, 1.807) is 0 Å². The van der Waals surface area contributed by atoms with Gasteiger partial charge in [-0.15, -0.1) is 0 Å². The summed E-state index contributed by atoms with van der Waals surface area (Å²) in [6.45, 7) is -0.947. The number of likely N-dealkylation sites (tertiary alicyclic amines) is 1. The van der Waals surface area contributed by atoms with Crippen LogP contribution in [0.15, 0.2) is 0 Å². The largest absolute Gasteiger partial charge is 0.480 e. The van der Waals surface area contributed by atoms with Gasteiger partial charge in [0, 0.05) is 13.0 Å². The van der Waals surface area contributed by atoms with Gasteiger partial charge in [0.1, 0.15) is 18.6 Å². The quantitative estimate of drug-likeness (QED) is 0.195. The minimum absolute atomic E-state index is 0.125. The van der Waals surface area contributed by atoms with E-state index in [1.165, 1.54) is 4.90 Å². The maximum Gasteiger partial charge on any atom is 0.322 e. The summed E-state index contributed by atoms with van der Waals surface area (Å²) in [6.07, 6.45) is 0.567. The Balaban J connectivity index is 2.75. The predicted molar refractivity (Wildman–Crippen MR) is 97.8 cm³/mol. The Morgan fingerprint density at radius 1 is 1.10 bits per heavy atom. The Hall–Kier alpha value is -3.22. The number of carbonyl (C=O) groups is 6. The molecule has 0 aromatic carbocycles.